The van der Waals surface area contributed by atoms with Gasteiger partial charge < -0.3 is 15.4 Å². The molecule has 0 saturated heterocycles. The molecule has 0 spiro atoms. The van der Waals surface area contributed by atoms with Crippen molar-refractivity contribution in [3.63, 3.8) is 0 Å². The lowest BCUT2D eigenvalue weighted by atomic mass is 10.1. The number of nitrogens with one attached hydrogen (secondary N) is 2. The first-order chi connectivity index (χ1) is 12.2. The van der Waals surface area contributed by atoms with E-state index in [4.69, 9.17) is 0 Å². The summed E-state index contributed by atoms with van der Waals surface area (Å²) in [6.45, 7) is -1.55. The number of aryl methyl sites for hydroxylation is 1. The minimum absolute atomic E-state index is 0. The number of nitrogens with zero attached hydrogens (tertiary/aromatic N) is 1. The van der Waals surface area contributed by atoms with Crippen LogP contribution in [0.2, 0.25) is 0 Å². The summed E-state index contributed by atoms with van der Waals surface area (Å²) in [5.74, 6) is 0.827. The zero-order valence-corrected chi connectivity index (χ0v) is 17.0. The van der Waals surface area contributed by atoms with Gasteiger partial charge in [-0.05, 0) is 36.1 Å². The SMILES string of the molecule is CN=C(NCCCc1ccccc1)NCc1cccc(OC(F)F)c1.I. The quantitative estimate of drug-likeness (QED) is 0.261. The Labute approximate surface area is 170 Å². The molecule has 0 heterocycles. The molecule has 26 heavy (non-hydrogen) atoms. The Morgan fingerprint density at radius 3 is 2.46 bits per heavy atom. The average Bonchev–Trinajstić information content (AvgIpc) is 2.62. The van der Waals surface area contributed by atoms with Gasteiger partial charge in [0, 0.05) is 20.1 Å². The molecule has 0 radical (unpaired) electrons. The molecule has 0 amide bonds. The molecule has 0 unspecified atom stereocenters. The molecule has 7 heteroatoms. The Hall–Kier alpha value is -1.90. The van der Waals surface area contributed by atoms with Crippen LogP contribution < -0.4 is 15.4 Å². The maximum Gasteiger partial charge on any atom is 0.387 e. The molecule has 0 aliphatic rings. The van der Waals surface area contributed by atoms with Crippen LogP contribution in [0.25, 0.3) is 0 Å². The third kappa shape index (κ3) is 8.46. The third-order valence-corrected chi connectivity index (χ3v) is 3.58. The Morgan fingerprint density at radius 2 is 1.77 bits per heavy atom. The van der Waals surface area contributed by atoms with Crippen molar-refractivity contribution in [3.8, 4) is 5.75 Å². The monoisotopic (exact) mass is 475 g/mol. The molecular weight excluding hydrogens is 451 g/mol. The number of ether oxygens (including phenoxy) is 1. The van der Waals surface area contributed by atoms with E-state index in [9.17, 15) is 8.78 Å². The topological polar surface area (TPSA) is 45.7 Å². The van der Waals surface area contributed by atoms with Crippen LogP contribution in [-0.2, 0) is 13.0 Å². The maximum absolute atomic E-state index is 12.2. The van der Waals surface area contributed by atoms with Crippen LogP contribution in [0.4, 0.5) is 8.78 Å². The number of hydrogen-bond donors (Lipinski definition) is 2. The molecule has 0 aliphatic heterocycles. The normalized spacial score (nSPS) is 11.0. The highest BCUT2D eigenvalue weighted by molar-refractivity contribution is 14.0. The average molecular weight is 475 g/mol. The summed E-state index contributed by atoms with van der Waals surface area (Å²) in [7, 11) is 1.70. The van der Waals surface area contributed by atoms with Gasteiger partial charge in [0.25, 0.3) is 0 Å². The third-order valence-electron chi connectivity index (χ3n) is 3.58. The number of aliphatic imine (C=N–C) groups is 1. The highest BCUT2D eigenvalue weighted by Crippen LogP contribution is 2.15. The molecule has 4 nitrogen and oxygen atoms in total. The number of guanidine groups is 1. The van der Waals surface area contributed by atoms with Gasteiger partial charge in [-0.15, -0.1) is 24.0 Å². The van der Waals surface area contributed by atoms with Crippen molar-refractivity contribution >= 4 is 29.9 Å². The van der Waals surface area contributed by atoms with Gasteiger partial charge in [-0.1, -0.05) is 42.5 Å². The zero-order chi connectivity index (χ0) is 17.9. The number of halogens is 3. The lowest BCUT2D eigenvalue weighted by Gasteiger charge is -2.12. The van der Waals surface area contributed by atoms with Crippen molar-refractivity contribution in [2.75, 3.05) is 13.6 Å². The van der Waals surface area contributed by atoms with E-state index in [0.717, 1.165) is 24.9 Å². The van der Waals surface area contributed by atoms with Gasteiger partial charge in [-0.25, -0.2) is 0 Å². The van der Waals surface area contributed by atoms with E-state index in [0.29, 0.717) is 12.5 Å². The van der Waals surface area contributed by atoms with E-state index in [2.05, 4.69) is 32.5 Å². The van der Waals surface area contributed by atoms with Gasteiger partial charge in [0.05, 0.1) is 0 Å². The second-order valence-electron chi connectivity index (χ2n) is 5.47. The zero-order valence-electron chi connectivity index (χ0n) is 14.6. The van der Waals surface area contributed by atoms with E-state index in [1.807, 2.05) is 24.3 Å². The number of hydrogen-bond acceptors (Lipinski definition) is 2. The molecule has 0 aromatic heterocycles. The fourth-order valence-electron chi connectivity index (χ4n) is 2.38. The smallest absolute Gasteiger partial charge is 0.387 e. The van der Waals surface area contributed by atoms with E-state index in [1.54, 1.807) is 19.2 Å². The van der Waals surface area contributed by atoms with Crippen LogP contribution in [-0.4, -0.2) is 26.2 Å². The molecule has 142 valence electrons. The maximum atomic E-state index is 12.2. The first kappa shape index (κ1) is 22.1. The number of alkyl halides is 2. The molecule has 2 rings (SSSR count). The lowest BCUT2D eigenvalue weighted by molar-refractivity contribution is -0.0498. The van der Waals surface area contributed by atoms with Gasteiger partial charge in [-0.3, -0.25) is 4.99 Å². The molecule has 0 aliphatic carbocycles. The van der Waals surface area contributed by atoms with Crippen LogP contribution in [0.5, 0.6) is 5.75 Å². The fourth-order valence-corrected chi connectivity index (χ4v) is 2.38. The summed E-state index contributed by atoms with van der Waals surface area (Å²) in [4.78, 5) is 4.16. The van der Waals surface area contributed by atoms with Crippen LogP contribution >= 0.6 is 24.0 Å². The molecule has 2 aromatic rings. The number of rotatable bonds is 8. The van der Waals surface area contributed by atoms with Crippen LogP contribution in [0.15, 0.2) is 59.6 Å². The predicted octanol–water partition coefficient (Wildman–Crippen LogP) is 4.20. The van der Waals surface area contributed by atoms with Crippen molar-refractivity contribution in [1.29, 1.82) is 0 Å². The summed E-state index contributed by atoms with van der Waals surface area (Å²) in [5.41, 5.74) is 2.15. The van der Waals surface area contributed by atoms with Gasteiger partial charge >= 0.3 is 6.61 Å². The number of benzene rings is 2. The summed E-state index contributed by atoms with van der Waals surface area (Å²) < 4.78 is 28.9. The summed E-state index contributed by atoms with van der Waals surface area (Å²) in [6.07, 6.45) is 1.99. The van der Waals surface area contributed by atoms with Crippen LogP contribution in [0, 0.1) is 0 Å². The van der Waals surface area contributed by atoms with Crippen molar-refractivity contribution in [2.24, 2.45) is 4.99 Å². The largest absolute Gasteiger partial charge is 0.435 e. The van der Waals surface area contributed by atoms with E-state index in [-0.39, 0.29) is 29.7 Å². The minimum Gasteiger partial charge on any atom is -0.435 e. The fraction of sp³-hybridized carbons (Fsp3) is 0.316. The first-order valence-electron chi connectivity index (χ1n) is 8.19. The van der Waals surface area contributed by atoms with Crippen molar-refractivity contribution < 1.29 is 13.5 Å². The Bertz CT molecular complexity index is 669. The van der Waals surface area contributed by atoms with Crippen molar-refractivity contribution in [3.05, 3.63) is 65.7 Å². The summed E-state index contributed by atoms with van der Waals surface area (Å²) in [6, 6.07) is 16.9. The highest BCUT2D eigenvalue weighted by atomic mass is 127. The Kier molecular flexibility index (Phi) is 10.6. The van der Waals surface area contributed by atoms with E-state index < -0.39 is 6.61 Å². The second-order valence-corrected chi connectivity index (χ2v) is 5.47. The van der Waals surface area contributed by atoms with E-state index in [1.165, 1.54) is 11.6 Å². The van der Waals surface area contributed by atoms with Gasteiger partial charge in [0.1, 0.15) is 5.75 Å². The molecule has 0 atom stereocenters. The predicted molar refractivity (Wildman–Crippen MR) is 111 cm³/mol. The lowest BCUT2D eigenvalue weighted by Crippen LogP contribution is -2.37. The second kappa shape index (κ2) is 12.5. The Morgan fingerprint density at radius 1 is 1.04 bits per heavy atom. The molecular formula is C19H24F2IN3O. The van der Waals surface area contributed by atoms with Crippen LogP contribution in [0.1, 0.15) is 17.5 Å². The highest BCUT2D eigenvalue weighted by Gasteiger charge is 2.05. The van der Waals surface area contributed by atoms with Crippen molar-refractivity contribution in [2.45, 2.75) is 26.0 Å². The minimum atomic E-state index is -2.82. The summed E-state index contributed by atoms with van der Waals surface area (Å²) in [5, 5.41) is 6.41. The summed E-state index contributed by atoms with van der Waals surface area (Å²) >= 11 is 0. The molecule has 2 aromatic carbocycles. The molecule has 2 N–H and O–H groups in total. The van der Waals surface area contributed by atoms with Gasteiger partial charge in [0.15, 0.2) is 5.96 Å². The molecule has 0 bridgehead atoms. The molecule has 0 saturated carbocycles. The standard InChI is InChI=1S/C19H23F2N3O.HI/c1-22-19(23-12-6-10-15-7-3-2-4-8-15)24-14-16-9-5-11-17(13-16)25-18(20)21;/h2-5,7-9,11,13,18H,6,10,12,14H2,1H3,(H2,22,23,24);1H. The Balaban J connectivity index is 0.00000338. The van der Waals surface area contributed by atoms with Crippen molar-refractivity contribution in [1.82, 2.24) is 10.6 Å². The molecule has 0 fully saturated rings. The van der Waals surface area contributed by atoms with Gasteiger partial charge in [-0.2, -0.15) is 8.78 Å². The van der Waals surface area contributed by atoms with Gasteiger partial charge in [0.2, 0.25) is 0 Å². The first-order valence-corrected chi connectivity index (χ1v) is 8.19. The van der Waals surface area contributed by atoms with Crippen LogP contribution in [0.3, 0.4) is 0 Å². The van der Waals surface area contributed by atoms with E-state index >= 15 is 0 Å².